The molecule has 6 heteroatoms. The summed E-state index contributed by atoms with van der Waals surface area (Å²) in [6, 6.07) is 4.89. The molecule has 0 atom stereocenters. The number of hydrogen-bond donors (Lipinski definition) is 0. The fourth-order valence-electron chi connectivity index (χ4n) is 1.26. The smallest absolute Gasteiger partial charge is 0.233 e. The molecule has 0 N–H and O–H groups in total. The monoisotopic (exact) mass is 237 g/mol. The summed E-state index contributed by atoms with van der Waals surface area (Å²) in [6.07, 6.45) is 2.24. The zero-order chi connectivity index (χ0) is 11.5. The Hall–Kier alpha value is -1.88. The highest BCUT2D eigenvalue weighted by Crippen LogP contribution is 2.20. The maximum absolute atomic E-state index is 10.9. The van der Waals surface area contributed by atoms with Crippen LogP contribution in [0, 0.1) is 0 Å². The van der Waals surface area contributed by atoms with Crippen molar-refractivity contribution in [2.75, 3.05) is 7.11 Å². The second-order valence-electron chi connectivity index (χ2n) is 2.95. The van der Waals surface area contributed by atoms with Crippen molar-refractivity contribution in [3.05, 3.63) is 35.1 Å². The molecule has 0 saturated carbocycles. The van der Waals surface area contributed by atoms with Crippen LogP contribution in [0.4, 0.5) is 0 Å². The summed E-state index contributed by atoms with van der Waals surface area (Å²) in [5.41, 5.74) is 0.331. The van der Waals surface area contributed by atoms with Crippen molar-refractivity contribution in [2.45, 2.75) is 0 Å². The molecule has 0 spiro atoms. The zero-order valence-corrected chi connectivity index (χ0v) is 9.18. The number of nitrogens with zero attached hydrogens (tertiary/aromatic N) is 3. The molecule has 82 valence electrons. The largest absolute Gasteiger partial charge is 0.480 e. The second-order valence-corrected chi connectivity index (χ2v) is 3.36. The van der Waals surface area contributed by atoms with Gasteiger partial charge in [0.1, 0.15) is 5.69 Å². The van der Waals surface area contributed by atoms with Gasteiger partial charge in [-0.25, -0.2) is 9.67 Å². The quantitative estimate of drug-likeness (QED) is 0.763. The van der Waals surface area contributed by atoms with Crippen molar-refractivity contribution in [1.82, 2.24) is 14.8 Å². The number of rotatable bonds is 3. The molecule has 0 amide bonds. The normalized spacial score (nSPS) is 10.1. The Balaban J connectivity index is 2.59. The SMILES string of the molecule is COc1cc(C=O)n(-c2ncccc2Cl)n1. The molecule has 0 aromatic carbocycles. The summed E-state index contributed by atoms with van der Waals surface area (Å²) in [7, 11) is 1.47. The van der Waals surface area contributed by atoms with Gasteiger partial charge in [0.2, 0.25) is 5.88 Å². The summed E-state index contributed by atoms with van der Waals surface area (Å²) >= 11 is 5.96. The average Bonchev–Trinajstić information content (AvgIpc) is 2.72. The molecular weight excluding hydrogens is 230 g/mol. The summed E-state index contributed by atoms with van der Waals surface area (Å²) < 4.78 is 6.28. The second kappa shape index (κ2) is 4.32. The van der Waals surface area contributed by atoms with Gasteiger partial charge in [0.25, 0.3) is 0 Å². The Morgan fingerprint density at radius 2 is 2.38 bits per heavy atom. The number of aldehydes is 1. The molecular formula is C10H8ClN3O2. The van der Waals surface area contributed by atoms with E-state index in [1.165, 1.54) is 17.9 Å². The number of carbonyl (C=O) groups is 1. The number of aromatic nitrogens is 3. The van der Waals surface area contributed by atoms with Gasteiger partial charge >= 0.3 is 0 Å². The van der Waals surface area contributed by atoms with Crippen molar-refractivity contribution in [1.29, 1.82) is 0 Å². The molecule has 2 aromatic rings. The van der Waals surface area contributed by atoms with Crippen LogP contribution < -0.4 is 4.74 Å². The van der Waals surface area contributed by atoms with Crippen LogP contribution in [0.3, 0.4) is 0 Å². The van der Waals surface area contributed by atoms with Crippen molar-refractivity contribution < 1.29 is 9.53 Å². The fraction of sp³-hybridized carbons (Fsp3) is 0.100. The lowest BCUT2D eigenvalue weighted by Crippen LogP contribution is -2.04. The lowest BCUT2D eigenvalue weighted by molar-refractivity contribution is 0.111. The molecule has 0 saturated heterocycles. The van der Waals surface area contributed by atoms with Crippen LogP contribution in [0.25, 0.3) is 5.82 Å². The number of carbonyl (C=O) groups excluding carboxylic acids is 1. The molecule has 2 heterocycles. The van der Waals surface area contributed by atoms with Crippen molar-refractivity contribution in [3.8, 4) is 11.7 Å². The molecule has 0 unspecified atom stereocenters. The zero-order valence-electron chi connectivity index (χ0n) is 8.42. The van der Waals surface area contributed by atoms with E-state index >= 15 is 0 Å². The molecule has 0 fully saturated rings. The Kier molecular flexibility index (Phi) is 2.87. The van der Waals surface area contributed by atoms with Gasteiger partial charge < -0.3 is 4.74 Å². The minimum Gasteiger partial charge on any atom is -0.480 e. The van der Waals surface area contributed by atoms with E-state index in [9.17, 15) is 4.79 Å². The van der Waals surface area contributed by atoms with Gasteiger partial charge in [-0.05, 0) is 12.1 Å². The lowest BCUT2D eigenvalue weighted by Gasteiger charge is -2.03. The van der Waals surface area contributed by atoms with Crippen molar-refractivity contribution in [2.24, 2.45) is 0 Å². The van der Waals surface area contributed by atoms with Gasteiger partial charge in [-0.15, -0.1) is 5.10 Å². The van der Waals surface area contributed by atoms with Crippen LogP contribution in [0.1, 0.15) is 10.5 Å². The molecule has 0 bridgehead atoms. The summed E-state index contributed by atoms with van der Waals surface area (Å²) in [5.74, 6) is 0.735. The summed E-state index contributed by atoms with van der Waals surface area (Å²) in [6.45, 7) is 0. The van der Waals surface area contributed by atoms with E-state index in [1.54, 1.807) is 18.3 Å². The van der Waals surface area contributed by atoms with E-state index in [-0.39, 0.29) is 0 Å². The van der Waals surface area contributed by atoms with Gasteiger partial charge in [0.05, 0.1) is 12.1 Å². The molecule has 2 aromatic heterocycles. The first kappa shape index (κ1) is 10.6. The summed E-state index contributed by atoms with van der Waals surface area (Å²) in [4.78, 5) is 14.9. The molecule has 2 rings (SSSR count). The first-order valence-corrected chi connectivity index (χ1v) is 4.84. The number of methoxy groups -OCH3 is 1. The summed E-state index contributed by atoms with van der Waals surface area (Å²) in [5, 5.41) is 4.46. The van der Waals surface area contributed by atoms with Gasteiger partial charge in [0, 0.05) is 12.3 Å². The van der Waals surface area contributed by atoms with E-state index < -0.39 is 0 Å². The third-order valence-electron chi connectivity index (χ3n) is 1.98. The Morgan fingerprint density at radius 1 is 1.56 bits per heavy atom. The van der Waals surface area contributed by atoms with E-state index in [2.05, 4.69) is 10.1 Å². The average molecular weight is 238 g/mol. The Morgan fingerprint density at radius 3 is 3.00 bits per heavy atom. The predicted molar refractivity (Wildman–Crippen MR) is 58.3 cm³/mol. The number of ether oxygens (including phenoxy) is 1. The standard InChI is InChI=1S/C10H8ClN3O2/c1-16-9-5-7(6-15)14(13-9)10-8(11)3-2-4-12-10/h2-6H,1H3. The van der Waals surface area contributed by atoms with Crippen LogP contribution in [0.2, 0.25) is 5.02 Å². The van der Waals surface area contributed by atoms with Crippen LogP contribution >= 0.6 is 11.6 Å². The van der Waals surface area contributed by atoms with Crippen LogP contribution in [0.15, 0.2) is 24.4 Å². The Labute approximate surface area is 96.6 Å². The van der Waals surface area contributed by atoms with Crippen LogP contribution in [-0.2, 0) is 0 Å². The highest BCUT2D eigenvalue weighted by molar-refractivity contribution is 6.32. The highest BCUT2D eigenvalue weighted by atomic mass is 35.5. The van der Waals surface area contributed by atoms with E-state index in [4.69, 9.17) is 16.3 Å². The predicted octanol–water partition coefficient (Wildman–Crippen LogP) is 1.74. The third-order valence-corrected chi connectivity index (χ3v) is 2.28. The first-order valence-electron chi connectivity index (χ1n) is 4.46. The lowest BCUT2D eigenvalue weighted by atomic mass is 10.4. The van der Waals surface area contributed by atoms with E-state index in [0.717, 1.165) is 0 Å². The molecule has 0 radical (unpaired) electrons. The number of hydrogen-bond acceptors (Lipinski definition) is 4. The van der Waals surface area contributed by atoms with Crippen LogP contribution in [-0.4, -0.2) is 28.2 Å². The van der Waals surface area contributed by atoms with Crippen LogP contribution in [0.5, 0.6) is 5.88 Å². The van der Waals surface area contributed by atoms with Gasteiger partial charge in [0.15, 0.2) is 12.1 Å². The molecule has 0 aliphatic carbocycles. The van der Waals surface area contributed by atoms with E-state index in [1.807, 2.05) is 0 Å². The topological polar surface area (TPSA) is 57.0 Å². The van der Waals surface area contributed by atoms with Gasteiger partial charge in [-0.3, -0.25) is 4.79 Å². The third kappa shape index (κ3) is 1.77. The maximum Gasteiger partial charge on any atom is 0.233 e. The first-order chi connectivity index (χ1) is 7.76. The maximum atomic E-state index is 10.9. The molecule has 16 heavy (non-hydrogen) atoms. The number of halogens is 1. The van der Waals surface area contributed by atoms with E-state index in [0.29, 0.717) is 28.7 Å². The van der Waals surface area contributed by atoms with Crippen molar-refractivity contribution in [3.63, 3.8) is 0 Å². The van der Waals surface area contributed by atoms with Gasteiger partial charge in [-0.2, -0.15) is 0 Å². The molecule has 0 aliphatic heterocycles. The van der Waals surface area contributed by atoms with Gasteiger partial charge in [-0.1, -0.05) is 11.6 Å². The fourth-order valence-corrected chi connectivity index (χ4v) is 1.46. The minimum absolute atomic E-state index is 0.331. The molecule has 5 nitrogen and oxygen atoms in total. The minimum atomic E-state index is 0.331. The van der Waals surface area contributed by atoms with Crippen molar-refractivity contribution >= 4 is 17.9 Å². The molecule has 0 aliphatic rings. The highest BCUT2D eigenvalue weighted by Gasteiger charge is 2.12. The Bertz CT molecular complexity index is 525. The number of pyridine rings is 1.